The normalized spacial score (nSPS) is 22.3. The summed E-state index contributed by atoms with van der Waals surface area (Å²) >= 11 is 0. The van der Waals surface area contributed by atoms with Crippen molar-refractivity contribution in [1.29, 1.82) is 0 Å². The fourth-order valence-corrected chi connectivity index (χ4v) is 4.41. The Hall–Kier alpha value is -0.420. The average molecular weight is 275 g/mol. The molecule has 1 heterocycles. The van der Waals surface area contributed by atoms with E-state index in [1.807, 2.05) is 20.8 Å². The second-order valence-electron chi connectivity index (χ2n) is 6.44. The van der Waals surface area contributed by atoms with Crippen molar-refractivity contribution in [2.45, 2.75) is 59.4 Å². The van der Waals surface area contributed by atoms with Crippen LogP contribution in [0, 0.1) is 5.41 Å². The quantitative estimate of drug-likeness (QED) is 0.773. The van der Waals surface area contributed by atoms with Gasteiger partial charge in [0, 0.05) is 19.0 Å². The molecule has 0 aliphatic carbocycles. The lowest BCUT2D eigenvalue weighted by Gasteiger charge is -2.25. The van der Waals surface area contributed by atoms with E-state index in [4.69, 9.17) is 0 Å². The zero-order valence-electron chi connectivity index (χ0n) is 11.9. The van der Waals surface area contributed by atoms with Crippen molar-refractivity contribution in [2.75, 3.05) is 12.3 Å². The lowest BCUT2D eigenvalue weighted by atomic mass is 9.94. The predicted octanol–water partition coefficient (Wildman–Crippen LogP) is 2.20. The van der Waals surface area contributed by atoms with Gasteiger partial charge in [-0.15, -0.1) is 0 Å². The third kappa shape index (κ3) is 4.69. The summed E-state index contributed by atoms with van der Waals surface area (Å²) in [4.78, 5) is 11.2. The van der Waals surface area contributed by atoms with Gasteiger partial charge in [-0.25, -0.2) is 8.42 Å². The predicted molar refractivity (Wildman–Crippen MR) is 72.9 cm³/mol. The number of rotatable bonds is 5. The molecule has 4 nitrogen and oxygen atoms in total. The summed E-state index contributed by atoms with van der Waals surface area (Å²) in [6.07, 6.45) is 2.69. The first-order chi connectivity index (χ1) is 8.12. The number of hydrogen-bond acceptors (Lipinski definition) is 3. The van der Waals surface area contributed by atoms with Gasteiger partial charge >= 0.3 is 0 Å². The molecule has 0 N–H and O–H groups in total. The summed E-state index contributed by atoms with van der Waals surface area (Å²) in [7, 11) is -3.21. The molecule has 1 rings (SSSR count). The highest BCUT2D eigenvalue weighted by Crippen LogP contribution is 2.27. The summed E-state index contributed by atoms with van der Waals surface area (Å²) in [6.45, 7) is 8.22. The molecule has 0 spiro atoms. The molecule has 0 radical (unpaired) electrons. The molecule has 1 aliphatic rings. The highest BCUT2D eigenvalue weighted by atomic mass is 32.2. The molecule has 18 heavy (non-hydrogen) atoms. The monoisotopic (exact) mass is 275 g/mol. The first kappa shape index (κ1) is 15.6. The Bertz CT molecular complexity index is 395. The number of sulfonamides is 1. The molecule has 1 saturated heterocycles. The Balaban J connectivity index is 2.69. The van der Waals surface area contributed by atoms with Crippen molar-refractivity contribution in [1.82, 2.24) is 4.31 Å². The first-order valence-electron chi connectivity index (χ1n) is 6.61. The van der Waals surface area contributed by atoms with Crippen LogP contribution in [-0.4, -0.2) is 36.8 Å². The van der Waals surface area contributed by atoms with Crippen LogP contribution in [0.3, 0.4) is 0 Å². The molecule has 0 saturated carbocycles. The maximum atomic E-state index is 12.3. The minimum atomic E-state index is -3.21. The molecule has 106 valence electrons. The van der Waals surface area contributed by atoms with E-state index < -0.39 is 10.0 Å². The van der Waals surface area contributed by atoms with Crippen molar-refractivity contribution in [3.05, 3.63) is 0 Å². The van der Waals surface area contributed by atoms with E-state index in [-0.39, 0.29) is 23.0 Å². The van der Waals surface area contributed by atoms with Crippen LogP contribution in [0.25, 0.3) is 0 Å². The lowest BCUT2D eigenvalue weighted by Crippen LogP contribution is -2.38. The summed E-state index contributed by atoms with van der Waals surface area (Å²) in [5, 5.41) is 0. The maximum absolute atomic E-state index is 12.3. The van der Waals surface area contributed by atoms with Crippen molar-refractivity contribution in [3.63, 3.8) is 0 Å². The van der Waals surface area contributed by atoms with Crippen LogP contribution in [0.5, 0.6) is 0 Å². The minimum Gasteiger partial charge on any atom is -0.300 e. The van der Waals surface area contributed by atoms with Gasteiger partial charge in [-0.2, -0.15) is 4.31 Å². The zero-order chi connectivity index (χ0) is 14.0. The highest BCUT2D eigenvalue weighted by molar-refractivity contribution is 7.89. The van der Waals surface area contributed by atoms with Crippen LogP contribution in [-0.2, 0) is 14.8 Å². The van der Waals surface area contributed by atoms with Crippen molar-refractivity contribution >= 4 is 15.8 Å². The van der Waals surface area contributed by atoms with Gasteiger partial charge in [-0.3, -0.25) is 4.79 Å². The number of ketones is 1. The third-order valence-corrected chi connectivity index (χ3v) is 5.23. The molecular formula is C13H25NO3S. The van der Waals surface area contributed by atoms with Crippen LogP contribution >= 0.6 is 0 Å². The average Bonchev–Trinajstić information content (AvgIpc) is 2.61. The van der Waals surface area contributed by atoms with Gasteiger partial charge in [0.15, 0.2) is 0 Å². The highest BCUT2D eigenvalue weighted by Gasteiger charge is 2.34. The Morgan fingerprint density at radius 3 is 2.44 bits per heavy atom. The van der Waals surface area contributed by atoms with Crippen molar-refractivity contribution in [2.24, 2.45) is 5.41 Å². The SMILES string of the molecule is CC(=O)CC1CCCN1S(=O)(=O)CCC(C)(C)C. The topological polar surface area (TPSA) is 54.5 Å². The number of nitrogens with zero attached hydrogens (tertiary/aromatic N) is 1. The van der Waals surface area contributed by atoms with E-state index in [1.165, 1.54) is 6.92 Å². The van der Waals surface area contributed by atoms with Crippen LogP contribution in [0.2, 0.25) is 0 Å². The van der Waals surface area contributed by atoms with E-state index in [0.29, 0.717) is 19.4 Å². The van der Waals surface area contributed by atoms with E-state index >= 15 is 0 Å². The van der Waals surface area contributed by atoms with Crippen LogP contribution in [0.1, 0.15) is 53.4 Å². The lowest BCUT2D eigenvalue weighted by molar-refractivity contribution is -0.117. The zero-order valence-corrected chi connectivity index (χ0v) is 12.7. The summed E-state index contributed by atoms with van der Waals surface area (Å²) in [5.74, 6) is 0.253. The van der Waals surface area contributed by atoms with Gasteiger partial charge in [-0.1, -0.05) is 20.8 Å². The standard InChI is InChI=1S/C13H25NO3S/c1-11(15)10-12-6-5-8-14(12)18(16,17)9-7-13(2,3)4/h12H,5-10H2,1-4H3. The largest absolute Gasteiger partial charge is 0.300 e. The van der Waals surface area contributed by atoms with Crippen molar-refractivity contribution < 1.29 is 13.2 Å². The van der Waals surface area contributed by atoms with Crippen LogP contribution in [0.4, 0.5) is 0 Å². The summed E-state index contributed by atoms with van der Waals surface area (Å²) < 4.78 is 26.1. The molecule has 1 fully saturated rings. The van der Waals surface area contributed by atoms with E-state index in [9.17, 15) is 13.2 Å². The van der Waals surface area contributed by atoms with Gasteiger partial charge < -0.3 is 0 Å². The molecule has 0 bridgehead atoms. The Morgan fingerprint density at radius 1 is 1.33 bits per heavy atom. The van der Waals surface area contributed by atoms with E-state index in [2.05, 4.69) is 0 Å². The maximum Gasteiger partial charge on any atom is 0.214 e. The molecule has 0 amide bonds. The molecule has 0 aromatic heterocycles. The summed E-state index contributed by atoms with van der Waals surface area (Å²) in [6, 6.07) is -0.104. The molecular weight excluding hydrogens is 250 g/mol. The molecule has 5 heteroatoms. The summed E-state index contributed by atoms with van der Waals surface area (Å²) in [5.41, 5.74) is 0.0167. The van der Waals surface area contributed by atoms with Gasteiger partial charge in [0.2, 0.25) is 10.0 Å². The second-order valence-corrected chi connectivity index (χ2v) is 8.48. The number of carbonyl (C=O) groups excluding carboxylic acids is 1. The second kappa shape index (κ2) is 5.70. The smallest absolute Gasteiger partial charge is 0.214 e. The Labute approximate surface area is 111 Å². The molecule has 1 aliphatic heterocycles. The van der Waals surface area contributed by atoms with E-state index in [0.717, 1.165) is 12.8 Å². The molecule has 0 aromatic rings. The van der Waals surface area contributed by atoms with Crippen LogP contribution in [0.15, 0.2) is 0 Å². The molecule has 1 atom stereocenters. The van der Waals surface area contributed by atoms with Gasteiger partial charge in [-0.05, 0) is 31.6 Å². The third-order valence-electron chi connectivity index (χ3n) is 3.31. The fourth-order valence-electron chi connectivity index (χ4n) is 2.26. The number of carbonyl (C=O) groups is 1. The number of Topliss-reactive ketones (excluding diaryl/α,β-unsaturated/α-hetero) is 1. The molecule has 1 unspecified atom stereocenters. The van der Waals surface area contributed by atoms with Crippen molar-refractivity contribution in [3.8, 4) is 0 Å². The van der Waals surface area contributed by atoms with Gasteiger partial charge in [0.05, 0.1) is 5.75 Å². The fraction of sp³-hybridized carbons (Fsp3) is 0.923. The van der Waals surface area contributed by atoms with Gasteiger partial charge in [0.1, 0.15) is 5.78 Å². The first-order valence-corrected chi connectivity index (χ1v) is 8.22. The minimum absolute atomic E-state index is 0.0167. The van der Waals surface area contributed by atoms with E-state index in [1.54, 1.807) is 4.31 Å². The Kier molecular flexibility index (Phi) is 4.95. The van der Waals surface area contributed by atoms with Crippen LogP contribution < -0.4 is 0 Å². The molecule has 0 aromatic carbocycles. The Morgan fingerprint density at radius 2 is 1.94 bits per heavy atom. The van der Waals surface area contributed by atoms with Gasteiger partial charge in [0.25, 0.3) is 0 Å². The number of hydrogen-bond donors (Lipinski definition) is 0.